The van der Waals surface area contributed by atoms with Crippen molar-refractivity contribution in [3.8, 4) is 5.75 Å². The van der Waals surface area contributed by atoms with Crippen LogP contribution < -0.4 is 4.74 Å². The van der Waals surface area contributed by atoms with Gasteiger partial charge in [-0.05, 0) is 56.3 Å². The number of hydrogen-bond acceptors (Lipinski definition) is 3. The lowest BCUT2D eigenvalue weighted by Crippen LogP contribution is -2.35. The van der Waals surface area contributed by atoms with E-state index in [0.717, 1.165) is 37.4 Å². The molecule has 2 rings (SSSR count). The Morgan fingerprint density at radius 3 is 2.95 bits per heavy atom. The SMILES string of the molecule is COCCC[C@H]1CCCN(Cc2cc(OC)ccc2F)C1. The Kier molecular flexibility index (Phi) is 6.46. The molecule has 0 N–H and O–H groups in total. The van der Waals surface area contributed by atoms with Crippen molar-refractivity contribution in [3.05, 3.63) is 29.6 Å². The number of methoxy groups -OCH3 is 2. The van der Waals surface area contributed by atoms with Gasteiger partial charge in [-0.15, -0.1) is 0 Å². The molecule has 0 aromatic heterocycles. The van der Waals surface area contributed by atoms with E-state index >= 15 is 0 Å². The third kappa shape index (κ3) is 4.97. The maximum absolute atomic E-state index is 13.9. The molecule has 1 heterocycles. The van der Waals surface area contributed by atoms with Crippen molar-refractivity contribution in [2.45, 2.75) is 32.2 Å². The van der Waals surface area contributed by atoms with Crippen LogP contribution in [-0.4, -0.2) is 38.8 Å². The van der Waals surface area contributed by atoms with E-state index in [1.807, 2.05) is 6.07 Å². The van der Waals surface area contributed by atoms with Gasteiger partial charge in [0.05, 0.1) is 7.11 Å². The van der Waals surface area contributed by atoms with Gasteiger partial charge in [0, 0.05) is 32.4 Å². The second-order valence-corrected chi connectivity index (χ2v) is 5.84. The zero-order valence-electron chi connectivity index (χ0n) is 13.1. The quantitative estimate of drug-likeness (QED) is 0.719. The lowest BCUT2D eigenvalue weighted by Gasteiger charge is -2.33. The Balaban J connectivity index is 1.90. The third-order valence-corrected chi connectivity index (χ3v) is 4.21. The van der Waals surface area contributed by atoms with Gasteiger partial charge < -0.3 is 9.47 Å². The summed E-state index contributed by atoms with van der Waals surface area (Å²) in [5.74, 6) is 1.29. The number of piperidine rings is 1. The number of ether oxygens (including phenoxy) is 2. The molecule has 1 aromatic carbocycles. The average Bonchev–Trinajstić information content (AvgIpc) is 2.50. The number of benzene rings is 1. The molecule has 1 aromatic rings. The molecule has 1 fully saturated rings. The molecule has 1 aliphatic heterocycles. The predicted octanol–water partition coefficient (Wildman–Crippen LogP) is 3.47. The van der Waals surface area contributed by atoms with Gasteiger partial charge in [-0.3, -0.25) is 4.90 Å². The summed E-state index contributed by atoms with van der Waals surface area (Å²) in [4.78, 5) is 2.36. The summed E-state index contributed by atoms with van der Waals surface area (Å²) in [7, 11) is 3.36. The lowest BCUT2D eigenvalue weighted by molar-refractivity contribution is 0.141. The van der Waals surface area contributed by atoms with E-state index in [2.05, 4.69) is 4.90 Å². The van der Waals surface area contributed by atoms with E-state index in [-0.39, 0.29) is 5.82 Å². The Labute approximate surface area is 127 Å². The van der Waals surface area contributed by atoms with Crippen LogP contribution in [0.4, 0.5) is 4.39 Å². The highest BCUT2D eigenvalue weighted by Gasteiger charge is 2.20. The molecule has 0 amide bonds. The van der Waals surface area contributed by atoms with Gasteiger partial charge >= 0.3 is 0 Å². The van der Waals surface area contributed by atoms with Crippen molar-refractivity contribution in [2.24, 2.45) is 5.92 Å². The largest absolute Gasteiger partial charge is 0.497 e. The number of likely N-dealkylation sites (tertiary alicyclic amines) is 1. The molecule has 4 heteroatoms. The van der Waals surface area contributed by atoms with Crippen LogP contribution in [0.5, 0.6) is 5.75 Å². The van der Waals surface area contributed by atoms with Crippen molar-refractivity contribution in [2.75, 3.05) is 33.9 Å². The molecule has 0 radical (unpaired) electrons. The summed E-state index contributed by atoms with van der Waals surface area (Å²) in [6, 6.07) is 4.97. The van der Waals surface area contributed by atoms with Crippen LogP contribution in [-0.2, 0) is 11.3 Å². The van der Waals surface area contributed by atoms with Crippen LogP contribution in [0, 0.1) is 11.7 Å². The summed E-state index contributed by atoms with van der Waals surface area (Å²) in [6.45, 7) is 3.61. The molecule has 0 spiro atoms. The summed E-state index contributed by atoms with van der Waals surface area (Å²) in [6.07, 6.45) is 4.79. The van der Waals surface area contributed by atoms with Crippen molar-refractivity contribution in [3.63, 3.8) is 0 Å². The number of nitrogens with zero attached hydrogens (tertiary/aromatic N) is 1. The smallest absolute Gasteiger partial charge is 0.127 e. The lowest BCUT2D eigenvalue weighted by atomic mass is 9.93. The third-order valence-electron chi connectivity index (χ3n) is 4.21. The van der Waals surface area contributed by atoms with E-state index in [9.17, 15) is 4.39 Å². The average molecular weight is 295 g/mol. The second kappa shape index (κ2) is 8.35. The molecule has 1 atom stereocenters. The van der Waals surface area contributed by atoms with E-state index < -0.39 is 0 Å². The fraction of sp³-hybridized carbons (Fsp3) is 0.647. The standard InChI is InChI=1S/C17H26FNO2/c1-20-10-4-6-14-5-3-9-19(12-14)13-15-11-16(21-2)7-8-17(15)18/h7-8,11,14H,3-6,9-10,12-13H2,1-2H3/t14-/m1/s1. The molecular formula is C17H26FNO2. The monoisotopic (exact) mass is 295 g/mol. The van der Waals surface area contributed by atoms with Crippen molar-refractivity contribution >= 4 is 0 Å². The van der Waals surface area contributed by atoms with E-state index in [4.69, 9.17) is 9.47 Å². The highest BCUT2D eigenvalue weighted by Crippen LogP contribution is 2.24. The van der Waals surface area contributed by atoms with Crippen LogP contribution >= 0.6 is 0 Å². The number of hydrogen-bond donors (Lipinski definition) is 0. The number of rotatable bonds is 7. The normalized spacial score (nSPS) is 19.7. The van der Waals surface area contributed by atoms with Crippen molar-refractivity contribution < 1.29 is 13.9 Å². The molecule has 0 saturated carbocycles. The Hall–Kier alpha value is -1.13. The van der Waals surface area contributed by atoms with Gasteiger partial charge in [-0.1, -0.05) is 0 Å². The fourth-order valence-electron chi connectivity index (χ4n) is 3.09. The molecule has 3 nitrogen and oxygen atoms in total. The van der Waals surface area contributed by atoms with Gasteiger partial charge in [-0.25, -0.2) is 4.39 Å². The second-order valence-electron chi connectivity index (χ2n) is 5.84. The zero-order valence-corrected chi connectivity index (χ0v) is 13.1. The van der Waals surface area contributed by atoms with Gasteiger partial charge in [0.25, 0.3) is 0 Å². The topological polar surface area (TPSA) is 21.7 Å². The van der Waals surface area contributed by atoms with Gasteiger partial charge in [0.2, 0.25) is 0 Å². The number of halogens is 1. The summed E-state index contributed by atoms with van der Waals surface area (Å²) >= 11 is 0. The van der Waals surface area contributed by atoms with Crippen LogP contribution in [0.1, 0.15) is 31.2 Å². The summed E-state index contributed by atoms with van der Waals surface area (Å²) in [5, 5.41) is 0. The summed E-state index contributed by atoms with van der Waals surface area (Å²) < 4.78 is 24.2. The first-order chi connectivity index (χ1) is 10.2. The first-order valence-corrected chi connectivity index (χ1v) is 7.76. The molecule has 1 saturated heterocycles. The first kappa shape index (κ1) is 16.2. The minimum Gasteiger partial charge on any atom is -0.497 e. The van der Waals surface area contributed by atoms with Crippen LogP contribution in [0.15, 0.2) is 18.2 Å². The summed E-state index contributed by atoms with van der Waals surface area (Å²) in [5.41, 5.74) is 0.729. The molecule has 21 heavy (non-hydrogen) atoms. The minimum absolute atomic E-state index is 0.141. The Morgan fingerprint density at radius 1 is 1.33 bits per heavy atom. The zero-order chi connectivity index (χ0) is 15.1. The first-order valence-electron chi connectivity index (χ1n) is 7.76. The van der Waals surface area contributed by atoms with Crippen molar-refractivity contribution in [1.82, 2.24) is 4.90 Å². The Bertz CT molecular complexity index is 439. The molecule has 0 aliphatic carbocycles. The van der Waals surface area contributed by atoms with Crippen LogP contribution in [0.3, 0.4) is 0 Å². The molecule has 0 bridgehead atoms. The van der Waals surface area contributed by atoms with Gasteiger partial charge in [-0.2, -0.15) is 0 Å². The maximum atomic E-state index is 13.9. The molecule has 0 unspecified atom stereocenters. The van der Waals surface area contributed by atoms with E-state index in [0.29, 0.717) is 12.5 Å². The van der Waals surface area contributed by atoms with E-state index in [1.54, 1.807) is 20.3 Å². The maximum Gasteiger partial charge on any atom is 0.127 e. The molecular weight excluding hydrogens is 269 g/mol. The van der Waals surface area contributed by atoms with Crippen LogP contribution in [0.2, 0.25) is 0 Å². The van der Waals surface area contributed by atoms with Crippen LogP contribution in [0.25, 0.3) is 0 Å². The minimum atomic E-state index is -0.141. The van der Waals surface area contributed by atoms with Gasteiger partial charge in [0.15, 0.2) is 0 Å². The predicted molar refractivity (Wildman–Crippen MR) is 82.1 cm³/mol. The van der Waals surface area contributed by atoms with Gasteiger partial charge in [0.1, 0.15) is 11.6 Å². The van der Waals surface area contributed by atoms with Crippen molar-refractivity contribution in [1.29, 1.82) is 0 Å². The Morgan fingerprint density at radius 2 is 2.19 bits per heavy atom. The fourth-order valence-corrected chi connectivity index (χ4v) is 3.09. The molecule has 1 aliphatic rings. The highest BCUT2D eigenvalue weighted by molar-refractivity contribution is 5.29. The van der Waals surface area contributed by atoms with E-state index in [1.165, 1.54) is 25.3 Å². The molecule has 118 valence electrons. The highest BCUT2D eigenvalue weighted by atomic mass is 19.1.